The summed E-state index contributed by atoms with van der Waals surface area (Å²) in [5.41, 5.74) is 3.71. The van der Waals surface area contributed by atoms with E-state index in [1.807, 2.05) is 30.3 Å². The van der Waals surface area contributed by atoms with E-state index >= 15 is 0 Å². The molecule has 0 radical (unpaired) electrons. The lowest BCUT2D eigenvalue weighted by atomic mass is 10.0. The monoisotopic (exact) mass is 366 g/mol. The van der Waals surface area contributed by atoms with Crippen molar-refractivity contribution in [2.45, 2.75) is 25.2 Å². The molecule has 1 amide bonds. The molecule has 2 aromatic carbocycles. The Balaban J connectivity index is 1.89. The summed E-state index contributed by atoms with van der Waals surface area (Å²) in [4.78, 5) is 16.2. The zero-order valence-corrected chi connectivity index (χ0v) is 13.9. The van der Waals surface area contributed by atoms with Gasteiger partial charge in [0.2, 0.25) is 0 Å². The van der Waals surface area contributed by atoms with Crippen LogP contribution >= 0.6 is 0 Å². The number of carboxylic acid groups (broad SMARTS) is 1. The van der Waals surface area contributed by atoms with Crippen molar-refractivity contribution in [1.29, 1.82) is 0 Å². The maximum atomic E-state index is 13.3. The number of benzene rings is 2. The van der Waals surface area contributed by atoms with Gasteiger partial charge in [-0.05, 0) is 29.7 Å². The molecule has 0 unspecified atom stereocenters. The summed E-state index contributed by atoms with van der Waals surface area (Å²) >= 11 is 0. The van der Waals surface area contributed by atoms with E-state index in [4.69, 9.17) is 9.94 Å². The molecular weight excluding hydrogens is 346 g/mol. The second-order valence-corrected chi connectivity index (χ2v) is 5.73. The van der Waals surface area contributed by atoms with Crippen LogP contribution < -0.4 is 10.8 Å². The van der Waals surface area contributed by atoms with Crippen LogP contribution in [-0.2, 0) is 17.9 Å². The summed E-state index contributed by atoms with van der Waals surface area (Å²) in [6, 6.07) is 11.3. The molecule has 8 heteroatoms. The summed E-state index contributed by atoms with van der Waals surface area (Å²) in [6.45, 7) is 0.190. The third-order valence-corrected chi connectivity index (χ3v) is 3.63. The van der Waals surface area contributed by atoms with Crippen molar-refractivity contribution in [3.8, 4) is 0 Å². The van der Waals surface area contributed by atoms with Crippen molar-refractivity contribution in [3.63, 3.8) is 0 Å². The molecule has 2 aromatic rings. The van der Waals surface area contributed by atoms with Crippen LogP contribution in [0.5, 0.6) is 0 Å². The average molecular weight is 366 g/mol. The van der Waals surface area contributed by atoms with Gasteiger partial charge < -0.3 is 15.5 Å². The number of amides is 1. The highest BCUT2D eigenvalue weighted by Gasteiger charge is 2.22. The molecule has 4 N–H and O–H groups in total. The molecule has 0 aliphatic rings. The minimum absolute atomic E-state index is 0.0738. The van der Waals surface area contributed by atoms with E-state index in [9.17, 15) is 18.7 Å². The number of rotatable bonds is 9. The summed E-state index contributed by atoms with van der Waals surface area (Å²) < 4.78 is 26.6. The maximum Gasteiger partial charge on any atom is 0.404 e. The molecule has 0 saturated heterocycles. The van der Waals surface area contributed by atoms with Crippen LogP contribution in [0.1, 0.15) is 11.1 Å². The highest BCUT2D eigenvalue weighted by Crippen LogP contribution is 2.12. The molecule has 0 saturated carbocycles. The summed E-state index contributed by atoms with van der Waals surface area (Å²) in [5, 5.41) is 21.3. The van der Waals surface area contributed by atoms with Crippen LogP contribution in [0.25, 0.3) is 0 Å². The lowest BCUT2D eigenvalue weighted by Crippen LogP contribution is -2.48. The number of hydroxylamine groups is 1. The first-order chi connectivity index (χ1) is 12.4. The normalized spacial score (nSPS) is 13.2. The van der Waals surface area contributed by atoms with Crippen LogP contribution in [0.4, 0.5) is 13.6 Å². The van der Waals surface area contributed by atoms with E-state index in [-0.39, 0.29) is 25.1 Å². The zero-order valence-electron chi connectivity index (χ0n) is 13.9. The molecule has 0 bridgehead atoms. The minimum atomic E-state index is -1.35. The van der Waals surface area contributed by atoms with E-state index in [1.165, 1.54) is 0 Å². The summed E-state index contributed by atoms with van der Waals surface area (Å²) in [7, 11) is 0. The number of hydrogen-bond acceptors (Lipinski definition) is 4. The Morgan fingerprint density at radius 2 is 1.73 bits per heavy atom. The smallest absolute Gasteiger partial charge is 0.404 e. The standard InChI is InChI=1S/C18H20F2N2O4/c19-14-6-13(7-15(20)9-14)8-16(22-18(24)25)17(23)10-21-26-11-12-4-2-1-3-5-12/h1-7,9,16-17,21-23H,8,10-11H2,(H,24,25)/t16-,17+/m0/s1. The zero-order chi connectivity index (χ0) is 18.9. The van der Waals surface area contributed by atoms with Crippen molar-refractivity contribution in [3.05, 3.63) is 71.3 Å². The molecule has 0 spiro atoms. The van der Waals surface area contributed by atoms with Crippen LogP contribution in [0.15, 0.2) is 48.5 Å². The molecule has 6 nitrogen and oxygen atoms in total. The van der Waals surface area contributed by atoms with Crippen molar-refractivity contribution in [2.75, 3.05) is 6.54 Å². The van der Waals surface area contributed by atoms with Gasteiger partial charge in [-0.3, -0.25) is 4.84 Å². The highest BCUT2D eigenvalue weighted by molar-refractivity contribution is 5.65. The fourth-order valence-electron chi connectivity index (χ4n) is 2.42. The first-order valence-corrected chi connectivity index (χ1v) is 7.95. The van der Waals surface area contributed by atoms with Crippen LogP contribution in [0.2, 0.25) is 0 Å². The van der Waals surface area contributed by atoms with E-state index in [0.29, 0.717) is 0 Å². The summed E-state index contributed by atoms with van der Waals surface area (Å²) in [6.07, 6.45) is -2.60. The van der Waals surface area contributed by atoms with Gasteiger partial charge in [-0.1, -0.05) is 30.3 Å². The van der Waals surface area contributed by atoms with Gasteiger partial charge in [0.25, 0.3) is 0 Å². The topological polar surface area (TPSA) is 90.8 Å². The Morgan fingerprint density at radius 3 is 2.35 bits per heavy atom. The Kier molecular flexibility index (Phi) is 7.46. The molecular formula is C18H20F2N2O4. The molecule has 0 heterocycles. The second-order valence-electron chi connectivity index (χ2n) is 5.73. The van der Waals surface area contributed by atoms with Gasteiger partial charge >= 0.3 is 6.09 Å². The van der Waals surface area contributed by atoms with Gasteiger partial charge in [0.1, 0.15) is 11.6 Å². The minimum Gasteiger partial charge on any atom is -0.465 e. The second kappa shape index (κ2) is 9.81. The van der Waals surface area contributed by atoms with Crippen molar-refractivity contribution < 1.29 is 28.6 Å². The first-order valence-electron chi connectivity index (χ1n) is 7.95. The summed E-state index contributed by atoms with van der Waals surface area (Å²) in [5.74, 6) is -1.54. The van der Waals surface area contributed by atoms with Crippen molar-refractivity contribution >= 4 is 6.09 Å². The van der Waals surface area contributed by atoms with Gasteiger partial charge in [-0.25, -0.2) is 13.6 Å². The van der Waals surface area contributed by atoms with E-state index in [0.717, 1.165) is 23.8 Å². The molecule has 0 aliphatic carbocycles. The Labute approximate surface area is 149 Å². The molecule has 2 atom stereocenters. The van der Waals surface area contributed by atoms with Gasteiger partial charge in [0, 0.05) is 12.6 Å². The molecule has 0 fully saturated rings. The molecule has 26 heavy (non-hydrogen) atoms. The average Bonchev–Trinajstić information content (AvgIpc) is 2.57. The lowest BCUT2D eigenvalue weighted by molar-refractivity contribution is -0.00421. The van der Waals surface area contributed by atoms with Gasteiger partial charge in [0.15, 0.2) is 0 Å². The van der Waals surface area contributed by atoms with Gasteiger partial charge in [-0.15, -0.1) is 0 Å². The van der Waals surface area contributed by atoms with E-state index in [2.05, 4.69) is 10.8 Å². The van der Waals surface area contributed by atoms with E-state index < -0.39 is 29.9 Å². The fraction of sp³-hybridized carbons (Fsp3) is 0.278. The molecule has 0 aliphatic heterocycles. The third-order valence-electron chi connectivity index (χ3n) is 3.63. The predicted octanol–water partition coefficient (Wildman–Crippen LogP) is 2.23. The number of nitrogens with one attached hydrogen (secondary N) is 2. The maximum absolute atomic E-state index is 13.3. The molecule has 0 aromatic heterocycles. The van der Waals surface area contributed by atoms with Crippen LogP contribution in [0, 0.1) is 11.6 Å². The highest BCUT2D eigenvalue weighted by atomic mass is 19.1. The predicted molar refractivity (Wildman–Crippen MR) is 90.3 cm³/mol. The number of aliphatic hydroxyl groups is 1. The Hall–Kier alpha value is -2.55. The molecule has 140 valence electrons. The van der Waals surface area contributed by atoms with Gasteiger partial charge in [0.05, 0.1) is 18.8 Å². The quantitative estimate of drug-likeness (QED) is 0.404. The number of halogens is 2. The fourth-order valence-corrected chi connectivity index (χ4v) is 2.42. The largest absolute Gasteiger partial charge is 0.465 e. The third kappa shape index (κ3) is 6.75. The van der Waals surface area contributed by atoms with Crippen molar-refractivity contribution in [2.24, 2.45) is 0 Å². The van der Waals surface area contributed by atoms with Gasteiger partial charge in [-0.2, -0.15) is 5.48 Å². The van der Waals surface area contributed by atoms with Crippen LogP contribution in [0.3, 0.4) is 0 Å². The number of aliphatic hydroxyl groups excluding tert-OH is 1. The van der Waals surface area contributed by atoms with Crippen LogP contribution in [-0.4, -0.2) is 35.0 Å². The SMILES string of the molecule is O=C(O)N[C@@H](Cc1cc(F)cc(F)c1)[C@H](O)CNOCc1ccccc1. The first kappa shape index (κ1) is 19.8. The molecule has 2 rings (SSSR count). The Morgan fingerprint density at radius 1 is 1.08 bits per heavy atom. The van der Waals surface area contributed by atoms with Crippen molar-refractivity contribution in [1.82, 2.24) is 10.8 Å². The Bertz CT molecular complexity index is 695. The van der Waals surface area contributed by atoms with E-state index in [1.54, 1.807) is 0 Å². The number of hydrogen-bond donors (Lipinski definition) is 4. The number of carbonyl (C=O) groups is 1. The lowest BCUT2D eigenvalue weighted by Gasteiger charge is -2.23.